The number of piperazine rings is 1. The first-order chi connectivity index (χ1) is 16.7. The van der Waals surface area contributed by atoms with Gasteiger partial charge in [0.05, 0.1) is 5.56 Å². The molecule has 2 amide bonds. The van der Waals surface area contributed by atoms with E-state index in [4.69, 9.17) is 0 Å². The molecule has 0 aliphatic carbocycles. The summed E-state index contributed by atoms with van der Waals surface area (Å²) in [6, 6.07) is 11.5. The highest BCUT2D eigenvalue weighted by Crippen LogP contribution is 2.28. The molecule has 1 aromatic heterocycles. The van der Waals surface area contributed by atoms with Gasteiger partial charge in [-0.05, 0) is 63.6 Å². The first-order valence-corrected chi connectivity index (χ1v) is 11.9. The van der Waals surface area contributed by atoms with Crippen LogP contribution in [0.4, 0.5) is 4.39 Å². The zero-order valence-electron chi connectivity index (χ0n) is 20.5. The van der Waals surface area contributed by atoms with Crippen molar-refractivity contribution >= 4 is 28.5 Å². The van der Waals surface area contributed by atoms with Crippen molar-refractivity contribution in [2.24, 2.45) is 0 Å². The highest BCUT2D eigenvalue weighted by Gasteiger charge is 2.34. The predicted octanol–water partition coefficient (Wildman–Crippen LogP) is 3.67. The van der Waals surface area contributed by atoms with Gasteiger partial charge < -0.3 is 15.2 Å². The number of hydrogen-bond acceptors (Lipinski definition) is 4. The number of benzene rings is 2. The molecule has 7 nitrogen and oxygen atoms in total. The molecule has 1 aliphatic rings. The van der Waals surface area contributed by atoms with Crippen molar-refractivity contribution in [3.8, 4) is 0 Å². The number of nitrogens with one attached hydrogen (secondary N) is 2. The van der Waals surface area contributed by atoms with Gasteiger partial charge in [-0.1, -0.05) is 12.1 Å². The highest BCUT2D eigenvalue weighted by molar-refractivity contribution is 6.43. The van der Waals surface area contributed by atoms with Crippen molar-refractivity contribution in [3.63, 3.8) is 0 Å². The third-order valence-electron chi connectivity index (χ3n) is 6.68. The summed E-state index contributed by atoms with van der Waals surface area (Å²) in [7, 11) is 0. The Morgan fingerprint density at radius 3 is 2.46 bits per heavy atom. The minimum absolute atomic E-state index is 0.0383. The summed E-state index contributed by atoms with van der Waals surface area (Å²) in [5, 5.41) is 3.16. The largest absolute Gasteiger partial charge is 0.358 e. The maximum absolute atomic E-state index is 13.8. The van der Waals surface area contributed by atoms with E-state index < -0.39 is 11.7 Å². The van der Waals surface area contributed by atoms with E-state index in [2.05, 4.69) is 22.1 Å². The summed E-state index contributed by atoms with van der Waals surface area (Å²) < 4.78 is 13.3. The van der Waals surface area contributed by atoms with Crippen LogP contribution >= 0.6 is 0 Å². The van der Waals surface area contributed by atoms with Crippen LogP contribution in [0.5, 0.6) is 0 Å². The van der Waals surface area contributed by atoms with Crippen LogP contribution < -0.4 is 5.32 Å². The number of aromatic amines is 1. The third-order valence-corrected chi connectivity index (χ3v) is 6.68. The quantitative estimate of drug-likeness (QED) is 0.418. The van der Waals surface area contributed by atoms with Crippen LogP contribution in [0.3, 0.4) is 0 Å². The lowest BCUT2D eigenvalue weighted by molar-refractivity contribution is -0.116. The van der Waals surface area contributed by atoms with Crippen molar-refractivity contribution in [2.75, 3.05) is 19.6 Å². The molecule has 184 valence electrons. The molecule has 35 heavy (non-hydrogen) atoms. The fourth-order valence-electron chi connectivity index (χ4n) is 4.78. The molecule has 1 saturated heterocycles. The van der Waals surface area contributed by atoms with Gasteiger partial charge in [0.1, 0.15) is 5.82 Å². The van der Waals surface area contributed by atoms with Gasteiger partial charge in [0, 0.05) is 60.4 Å². The second-order valence-corrected chi connectivity index (χ2v) is 9.29. The van der Waals surface area contributed by atoms with Crippen LogP contribution in [0.15, 0.2) is 42.5 Å². The number of hydrogen-bond donors (Lipinski definition) is 2. The molecule has 2 aromatic carbocycles. The molecule has 0 radical (unpaired) electrons. The lowest BCUT2D eigenvalue weighted by Crippen LogP contribution is -2.57. The summed E-state index contributed by atoms with van der Waals surface area (Å²) in [5.74, 6) is -1.64. The molecule has 0 bridgehead atoms. The van der Waals surface area contributed by atoms with E-state index in [1.165, 1.54) is 12.1 Å². The molecule has 0 saturated carbocycles. The predicted molar refractivity (Wildman–Crippen MR) is 133 cm³/mol. The number of fused-ring (bicyclic) bond motifs is 1. The van der Waals surface area contributed by atoms with Crippen LogP contribution in [0, 0.1) is 12.7 Å². The third kappa shape index (κ3) is 4.98. The number of aryl methyl sites for hydroxylation is 1. The number of ketones is 1. The number of Topliss-reactive ketones (excluding diaryl/α,β-unsaturated/α-hetero) is 1. The topological polar surface area (TPSA) is 85.5 Å². The Balaban J connectivity index is 1.57. The van der Waals surface area contributed by atoms with Gasteiger partial charge in [0.2, 0.25) is 5.78 Å². The first kappa shape index (κ1) is 24.6. The Hall–Kier alpha value is -3.52. The molecule has 4 rings (SSSR count). The molecule has 0 unspecified atom stereocenters. The summed E-state index contributed by atoms with van der Waals surface area (Å²) in [6.07, 6.45) is 0. The second kappa shape index (κ2) is 10.00. The Morgan fingerprint density at radius 1 is 1.06 bits per heavy atom. The molecule has 2 atom stereocenters. The van der Waals surface area contributed by atoms with Gasteiger partial charge in [-0.15, -0.1) is 0 Å². The number of halogens is 1. The van der Waals surface area contributed by atoms with Crippen LogP contribution in [0.25, 0.3) is 10.9 Å². The monoisotopic (exact) mass is 478 g/mol. The molecule has 3 aromatic rings. The maximum atomic E-state index is 13.8. The van der Waals surface area contributed by atoms with E-state index in [0.717, 1.165) is 16.8 Å². The average molecular weight is 479 g/mol. The average Bonchev–Trinajstić information content (AvgIpc) is 3.16. The zero-order chi connectivity index (χ0) is 25.3. The Kier molecular flexibility index (Phi) is 7.03. The van der Waals surface area contributed by atoms with E-state index >= 15 is 0 Å². The summed E-state index contributed by atoms with van der Waals surface area (Å²) in [4.78, 5) is 45.7. The minimum atomic E-state index is -0.660. The Morgan fingerprint density at radius 2 is 1.77 bits per heavy atom. The van der Waals surface area contributed by atoms with Crippen molar-refractivity contribution in [1.82, 2.24) is 20.1 Å². The molecule has 2 N–H and O–H groups in total. The summed E-state index contributed by atoms with van der Waals surface area (Å²) >= 11 is 0. The van der Waals surface area contributed by atoms with E-state index in [9.17, 15) is 18.8 Å². The number of amides is 2. The number of likely N-dealkylation sites (N-methyl/N-ethyl adjacent to an activating group) is 1. The number of carbonyl (C=O) groups excluding carboxylic acids is 3. The van der Waals surface area contributed by atoms with Gasteiger partial charge in [0.15, 0.2) is 0 Å². The van der Waals surface area contributed by atoms with Crippen LogP contribution in [-0.4, -0.2) is 64.1 Å². The Bertz CT molecular complexity index is 1270. The lowest BCUT2D eigenvalue weighted by atomic mass is 10.0. The molecule has 2 heterocycles. The Labute approximate surface area is 204 Å². The van der Waals surface area contributed by atoms with Crippen molar-refractivity contribution in [1.29, 1.82) is 0 Å². The van der Waals surface area contributed by atoms with E-state index in [0.29, 0.717) is 37.1 Å². The highest BCUT2D eigenvalue weighted by atomic mass is 19.1. The van der Waals surface area contributed by atoms with E-state index in [-0.39, 0.29) is 29.4 Å². The van der Waals surface area contributed by atoms with Crippen LogP contribution in [0.2, 0.25) is 0 Å². The smallest absolute Gasteiger partial charge is 0.292 e. The van der Waals surface area contributed by atoms with Gasteiger partial charge >= 0.3 is 0 Å². The number of carbonyl (C=O) groups is 3. The van der Waals surface area contributed by atoms with Gasteiger partial charge in [-0.25, -0.2) is 4.39 Å². The molecular formula is C27H31FN4O3. The molecule has 1 fully saturated rings. The maximum Gasteiger partial charge on any atom is 0.292 e. The van der Waals surface area contributed by atoms with Crippen molar-refractivity contribution in [2.45, 2.75) is 46.3 Å². The molecule has 0 spiro atoms. The SMILES string of the molecule is CCNC(=O)C(=O)c1ccc2[nH]c(C)c(C(=O)N3C[C@H](C)N(Cc4ccc(F)cc4)C[C@H]3C)c2c1. The zero-order valence-corrected chi connectivity index (χ0v) is 20.5. The van der Waals surface area contributed by atoms with Crippen LogP contribution in [-0.2, 0) is 11.3 Å². The number of rotatable bonds is 6. The van der Waals surface area contributed by atoms with Crippen LogP contribution in [0.1, 0.15) is 52.7 Å². The second-order valence-electron chi connectivity index (χ2n) is 9.29. The van der Waals surface area contributed by atoms with Crippen molar-refractivity contribution in [3.05, 3.63) is 70.7 Å². The molecular weight excluding hydrogens is 447 g/mol. The number of aromatic nitrogens is 1. The fourth-order valence-corrected chi connectivity index (χ4v) is 4.78. The minimum Gasteiger partial charge on any atom is -0.358 e. The van der Waals surface area contributed by atoms with E-state index in [1.807, 2.05) is 18.7 Å². The van der Waals surface area contributed by atoms with E-state index in [1.54, 1.807) is 37.3 Å². The summed E-state index contributed by atoms with van der Waals surface area (Å²) in [6.45, 7) is 9.99. The van der Waals surface area contributed by atoms with Gasteiger partial charge in [0.25, 0.3) is 11.8 Å². The van der Waals surface area contributed by atoms with Gasteiger partial charge in [-0.2, -0.15) is 0 Å². The number of H-pyrrole nitrogens is 1. The standard InChI is InChI=1S/C27H31FN4O3/c1-5-29-26(34)25(33)20-8-11-23-22(12-20)24(18(4)30-23)27(35)32-14-16(2)31(13-17(32)3)15-19-6-9-21(28)10-7-19/h6-12,16-17,30H,5,13-15H2,1-4H3,(H,29,34)/t16-,17+/m0/s1. The lowest BCUT2D eigenvalue weighted by Gasteiger charge is -2.44. The first-order valence-electron chi connectivity index (χ1n) is 11.9. The molecule has 8 heteroatoms. The molecule has 1 aliphatic heterocycles. The fraction of sp³-hybridized carbons (Fsp3) is 0.370. The normalized spacial score (nSPS) is 18.6. The van der Waals surface area contributed by atoms with Gasteiger partial charge in [-0.3, -0.25) is 19.3 Å². The van der Waals surface area contributed by atoms with Crippen molar-refractivity contribution < 1.29 is 18.8 Å². The number of nitrogens with zero attached hydrogens (tertiary/aromatic N) is 2. The summed E-state index contributed by atoms with van der Waals surface area (Å²) in [5.41, 5.74) is 3.27.